The van der Waals surface area contributed by atoms with Gasteiger partial charge in [-0.15, -0.1) is 0 Å². The van der Waals surface area contributed by atoms with Crippen LogP contribution in [-0.4, -0.2) is 23.0 Å². The lowest BCUT2D eigenvalue weighted by Crippen LogP contribution is -2.39. The maximum Gasteiger partial charge on any atom is 0.317 e. The van der Waals surface area contributed by atoms with Crippen molar-refractivity contribution in [2.45, 2.75) is 38.8 Å². The Morgan fingerprint density at radius 1 is 1.32 bits per heavy atom. The zero-order valence-electron chi connectivity index (χ0n) is 14.8. The van der Waals surface area contributed by atoms with Crippen LogP contribution in [0.5, 0.6) is 0 Å². The van der Waals surface area contributed by atoms with E-state index in [2.05, 4.69) is 23.3 Å². The van der Waals surface area contributed by atoms with Crippen LogP contribution in [0.3, 0.4) is 0 Å². The van der Waals surface area contributed by atoms with Crippen molar-refractivity contribution in [3.63, 3.8) is 0 Å². The molecule has 1 atom stereocenters. The SMILES string of the molecule is CCCC[C@H](c1cccnc1)N(C)C(=O)NCc1ccc(C#N)cc1. The van der Waals surface area contributed by atoms with Crippen LogP contribution in [0.1, 0.15) is 48.9 Å². The van der Waals surface area contributed by atoms with Gasteiger partial charge in [0.1, 0.15) is 0 Å². The van der Waals surface area contributed by atoms with Crippen molar-refractivity contribution >= 4 is 6.03 Å². The highest BCUT2D eigenvalue weighted by Crippen LogP contribution is 2.24. The molecule has 1 heterocycles. The molecule has 0 aliphatic carbocycles. The number of hydrogen-bond acceptors (Lipinski definition) is 3. The molecule has 130 valence electrons. The van der Waals surface area contributed by atoms with Crippen LogP contribution in [-0.2, 0) is 6.54 Å². The molecule has 0 radical (unpaired) electrons. The summed E-state index contributed by atoms with van der Waals surface area (Å²) in [5.41, 5.74) is 2.63. The summed E-state index contributed by atoms with van der Waals surface area (Å²) in [6.07, 6.45) is 6.60. The summed E-state index contributed by atoms with van der Waals surface area (Å²) in [4.78, 5) is 18.5. The molecule has 0 spiro atoms. The first-order valence-electron chi connectivity index (χ1n) is 8.55. The van der Waals surface area contributed by atoms with E-state index in [1.807, 2.05) is 37.5 Å². The van der Waals surface area contributed by atoms with E-state index in [4.69, 9.17) is 5.26 Å². The highest BCUT2D eigenvalue weighted by atomic mass is 16.2. The number of aromatic nitrogens is 1. The van der Waals surface area contributed by atoms with E-state index in [1.54, 1.807) is 23.2 Å². The lowest BCUT2D eigenvalue weighted by atomic mass is 10.0. The van der Waals surface area contributed by atoms with Gasteiger partial charge in [-0.2, -0.15) is 5.26 Å². The first-order valence-corrected chi connectivity index (χ1v) is 8.55. The summed E-state index contributed by atoms with van der Waals surface area (Å²) in [5, 5.41) is 11.8. The van der Waals surface area contributed by atoms with E-state index < -0.39 is 0 Å². The number of unbranched alkanes of at least 4 members (excludes halogenated alkanes) is 1. The lowest BCUT2D eigenvalue weighted by molar-refractivity contribution is 0.185. The number of pyridine rings is 1. The van der Waals surface area contributed by atoms with Crippen molar-refractivity contribution in [1.82, 2.24) is 15.2 Å². The molecule has 1 aromatic heterocycles. The van der Waals surface area contributed by atoms with Crippen molar-refractivity contribution in [2.24, 2.45) is 0 Å². The van der Waals surface area contributed by atoms with Crippen LogP contribution in [0.15, 0.2) is 48.8 Å². The fourth-order valence-corrected chi connectivity index (χ4v) is 2.70. The summed E-state index contributed by atoms with van der Waals surface area (Å²) in [5.74, 6) is 0. The molecular weight excluding hydrogens is 312 g/mol. The Hall–Kier alpha value is -2.87. The first-order chi connectivity index (χ1) is 12.2. The standard InChI is InChI=1S/C20H24N4O/c1-3-4-7-19(18-6-5-12-22-15-18)24(2)20(25)23-14-17-10-8-16(13-21)9-11-17/h5-6,8-12,15,19H,3-4,7,14H2,1-2H3,(H,23,25)/t19-/m1/s1. The number of nitrogens with zero attached hydrogens (tertiary/aromatic N) is 3. The number of hydrogen-bond donors (Lipinski definition) is 1. The predicted octanol–water partition coefficient (Wildman–Crippen LogP) is 4.03. The van der Waals surface area contributed by atoms with Gasteiger partial charge in [0, 0.05) is 26.0 Å². The first kappa shape index (κ1) is 18.5. The average molecular weight is 336 g/mol. The predicted molar refractivity (Wildman–Crippen MR) is 97.7 cm³/mol. The van der Waals surface area contributed by atoms with Gasteiger partial charge in [-0.1, -0.05) is 38.0 Å². The van der Waals surface area contributed by atoms with Crippen LogP contribution in [0.2, 0.25) is 0 Å². The van der Waals surface area contributed by atoms with Gasteiger partial charge in [0.15, 0.2) is 0 Å². The highest BCUT2D eigenvalue weighted by molar-refractivity contribution is 5.74. The number of rotatable bonds is 7. The zero-order valence-corrected chi connectivity index (χ0v) is 14.8. The van der Waals surface area contributed by atoms with Crippen LogP contribution in [0, 0.1) is 11.3 Å². The second-order valence-corrected chi connectivity index (χ2v) is 6.02. The molecule has 0 unspecified atom stereocenters. The normalized spacial score (nSPS) is 11.4. The van der Waals surface area contributed by atoms with Crippen LogP contribution in [0.25, 0.3) is 0 Å². The van der Waals surface area contributed by atoms with Crippen LogP contribution >= 0.6 is 0 Å². The number of carbonyl (C=O) groups is 1. The van der Waals surface area contributed by atoms with Gasteiger partial charge < -0.3 is 10.2 Å². The van der Waals surface area contributed by atoms with Gasteiger partial charge >= 0.3 is 6.03 Å². The molecule has 25 heavy (non-hydrogen) atoms. The Morgan fingerprint density at radius 2 is 2.08 bits per heavy atom. The summed E-state index contributed by atoms with van der Waals surface area (Å²) in [7, 11) is 1.82. The number of carbonyl (C=O) groups excluding carboxylic acids is 1. The maximum absolute atomic E-state index is 12.6. The van der Waals surface area contributed by atoms with E-state index in [0.717, 1.165) is 30.4 Å². The molecule has 1 N–H and O–H groups in total. The Balaban J connectivity index is 2.00. The van der Waals surface area contributed by atoms with E-state index in [1.165, 1.54) is 0 Å². The quantitative estimate of drug-likeness (QED) is 0.830. The molecule has 5 nitrogen and oxygen atoms in total. The lowest BCUT2D eigenvalue weighted by Gasteiger charge is -2.28. The molecule has 0 fully saturated rings. The van der Waals surface area contributed by atoms with E-state index in [9.17, 15) is 4.79 Å². The Morgan fingerprint density at radius 3 is 2.68 bits per heavy atom. The molecule has 0 saturated carbocycles. The summed E-state index contributed by atoms with van der Waals surface area (Å²) < 4.78 is 0. The summed E-state index contributed by atoms with van der Waals surface area (Å²) >= 11 is 0. The average Bonchev–Trinajstić information content (AvgIpc) is 2.67. The van der Waals surface area contributed by atoms with E-state index in [0.29, 0.717) is 12.1 Å². The monoisotopic (exact) mass is 336 g/mol. The molecule has 2 aromatic rings. The highest BCUT2D eigenvalue weighted by Gasteiger charge is 2.21. The minimum atomic E-state index is -0.116. The van der Waals surface area contributed by atoms with E-state index in [-0.39, 0.29) is 12.1 Å². The smallest absolute Gasteiger partial charge is 0.317 e. The molecule has 0 bridgehead atoms. The Bertz CT molecular complexity index is 707. The molecule has 0 saturated heterocycles. The second-order valence-electron chi connectivity index (χ2n) is 6.02. The molecule has 1 aromatic carbocycles. The van der Waals surface area contributed by atoms with Gasteiger partial charge in [0.25, 0.3) is 0 Å². The molecule has 5 heteroatoms. The van der Waals surface area contributed by atoms with Crippen molar-refractivity contribution in [3.05, 3.63) is 65.5 Å². The molecular formula is C20H24N4O. The van der Waals surface area contributed by atoms with Crippen molar-refractivity contribution in [2.75, 3.05) is 7.05 Å². The van der Waals surface area contributed by atoms with E-state index >= 15 is 0 Å². The van der Waals surface area contributed by atoms with Gasteiger partial charge in [-0.05, 0) is 35.7 Å². The minimum Gasteiger partial charge on any atom is -0.334 e. The topological polar surface area (TPSA) is 69.0 Å². The molecule has 0 aliphatic rings. The van der Waals surface area contributed by atoms with Gasteiger partial charge in [-0.3, -0.25) is 4.98 Å². The zero-order chi connectivity index (χ0) is 18.1. The summed E-state index contributed by atoms with van der Waals surface area (Å²) in [6, 6.07) is 13.1. The Kier molecular flexibility index (Phi) is 6.97. The van der Waals surface area contributed by atoms with Crippen molar-refractivity contribution in [3.8, 4) is 6.07 Å². The van der Waals surface area contributed by atoms with Gasteiger partial charge in [0.05, 0.1) is 17.7 Å². The minimum absolute atomic E-state index is 0.00890. The third-order valence-corrected chi connectivity index (χ3v) is 4.21. The number of amides is 2. The van der Waals surface area contributed by atoms with Crippen LogP contribution < -0.4 is 5.32 Å². The number of urea groups is 1. The van der Waals surface area contributed by atoms with Crippen molar-refractivity contribution < 1.29 is 4.79 Å². The second kappa shape index (κ2) is 9.43. The number of benzene rings is 1. The van der Waals surface area contributed by atoms with Crippen LogP contribution in [0.4, 0.5) is 4.79 Å². The molecule has 2 amide bonds. The third-order valence-electron chi connectivity index (χ3n) is 4.21. The maximum atomic E-state index is 12.6. The third kappa shape index (κ3) is 5.32. The number of nitriles is 1. The fourth-order valence-electron chi connectivity index (χ4n) is 2.70. The van der Waals surface area contributed by atoms with Gasteiger partial charge in [-0.25, -0.2) is 4.79 Å². The van der Waals surface area contributed by atoms with Gasteiger partial charge in [0.2, 0.25) is 0 Å². The van der Waals surface area contributed by atoms with Crippen molar-refractivity contribution in [1.29, 1.82) is 5.26 Å². The Labute approximate surface area is 149 Å². The molecule has 0 aliphatic heterocycles. The largest absolute Gasteiger partial charge is 0.334 e. The fraction of sp³-hybridized carbons (Fsp3) is 0.350. The molecule has 2 rings (SSSR count). The number of nitrogens with one attached hydrogen (secondary N) is 1. The summed E-state index contributed by atoms with van der Waals surface area (Å²) in [6.45, 7) is 2.58.